The molecule has 0 bridgehead atoms. The van der Waals surface area contributed by atoms with Crippen molar-refractivity contribution in [2.75, 3.05) is 0 Å². The highest BCUT2D eigenvalue weighted by molar-refractivity contribution is 14.1. The number of allylic oxidation sites excluding steroid dienone is 1. The van der Waals surface area contributed by atoms with Crippen LogP contribution in [0.3, 0.4) is 0 Å². The Hall–Kier alpha value is 0.470. The minimum Gasteiger partial charge on any atom is -0.0785 e. The van der Waals surface area contributed by atoms with Crippen molar-refractivity contribution in [1.29, 1.82) is 0 Å². The molecule has 0 spiro atoms. The molecule has 1 heteroatoms. The molecule has 0 aromatic heterocycles. The Kier molecular flexibility index (Phi) is 10.9. The van der Waals surface area contributed by atoms with Crippen LogP contribution in [0, 0.1) is 0 Å². The van der Waals surface area contributed by atoms with E-state index in [0.29, 0.717) is 0 Å². The van der Waals surface area contributed by atoms with Crippen LogP contribution in [0.4, 0.5) is 0 Å². The van der Waals surface area contributed by atoms with Crippen LogP contribution in [0.15, 0.2) is 10.2 Å². The molecule has 0 fully saturated rings. The van der Waals surface area contributed by atoms with Crippen LogP contribution in [-0.4, -0.2) is 0 Å². The maximum absolute atomic E-state index is 2.28. The van der Waals surface area contributed by atoms with E-state index in [1.165, 1.54) is 44.9 Å². The number of hydrogen-bond donors (Lipinski definition) is 0. The van der Waals surface area contributed by atoms with Crippen molar-refractivity contribution >= 4 is 22.6 Å². The van der Waals surface area contributed by atoms with E-state index in [1.54, 1.807) is 0 Å². The third-order valence-electron chi connectivity index (χ3n) is 1.81. The first-order valence-electron chi connectivity index (χ1n) is 4.67. The highest BCUT2D eigenvalue weighted by Crippen LogP contribution is 2.07. The van der Waals surface area contributed by atoms with Gasteiger partial charge < -0.3 is 0 Å². The first-order chi connectivity index (χ1) is 5.41. The molecule has 0 aliphatic heterocycles. The molecule has 0 nitrogen and oxygen atoms in total. The monoisotopic (exact) mass is 266 g/mol. The summed E-state index contributed by atoms with van der Waals surface area (Å²) in [6, 6.07) is 0. The summed E-state index contributed by atoms with van der Waals surface area (Å²) in [6.07, 6.45) is 12.0. The van der Waals surface area contributed by atoms with Gasteiger partial charge in [-0.05, 0) is 16.9 Å². The molecule has 0 unspecified atom stereocenters. The second kappa shape index (κ2) is 10.5. The highest BCUT2D eigenvalue weighted by Gasteiger charge is 1.87. The summed E-state index contributed by atoms with van der Waals surface area (Å²) < 4.78 is 2.11. The largest absolute Gasteiger partial charge is 0.0785 e. The van der Waals surface area contributed by atoms with Crippen molar-refractivity contribution in [3.05, 3.63) is 10.2 Å². The predicted octanol–water partition coefficient (Wildman–Crippen LogP) is 4.69. The molecule has 0 saturated heterocycles. The van der Waals surface area contributed by atoms with Gasteiger partial charge in [-0.3, -0.25) is 0 Å². The number of unbranched alkanes of at least 4 members (excludes halogenated alkanes) is 6. The third-order valence-corrected chi connectivity index (χ3v) is 2.32. The van der Waals surface area contributed by atoms with Gasteiger partial charge in [0, 0.05) is 0 Å². The van der Waals surface area contributed by atoms with Gasteiger partial charge in [0.1, 0.15) is 0 Å². The molecule has 0 N–H and O–H groups in total. The average Bonchev–Trinajstić information content (AvgIpc) is 2.03. The smallest absolute Gasteiger partial charge is 0.0274 e. The van der Waals surface area contributed by atoms with E-state index in [1.807, 2.05) is 0 Å². The van der Waals surface area contributed by atoms with E-state index < -0.39 is 0 Å². The van der Waals surface area contributed by atoms with Crippen LogP contribution >= 0.6 is 22.6 Å². The lowest BCUT2D eigenvalue weighted by molar-refractivity contribution is 0.611. The molecule has 66 valence electrons. The molecule has 0 heterocycles. The highest BCUT2D eigenvalue weighted by atomic mass is 127. The fourth-order valence-electron chi connectivity index (χ4n) is 1.11. The van der Waals surface area contributed by atoms with Gasteiger partial charge in [0.15, 0.2) is 0 Å². The van der Waals surface area contributed by atoms with Crippen LogP contribution in [0.5, 0.6) is 0 Å². The van der Waals surface area contributed by atoms with E-state index in [9.17, 15) is 0 Å². The Bertz CT molecular complexity index is 86.9. The molecule has 0 aliphatic carbocycles. The Labute approximate surface area is 84.6 Å². The molecular weight excluding hydrogens is 247 g/mol. The van der Waals surface area contributed by atoms with E-state index >= 15 is 0 Å². The SMILES string of the molecule is CCCCCCCC/C=C\I. The summed E-state index contributed by atoms with van der Waals surface area (Å²) in [7, 11) is 0. The van der Waals surface area contributed by atoms with Gasteiger partial charge in [-0.15, -0.1) is 0 Å². The van der Waals surface area contributed by atoms with Crippen molar-refractivity contribution in [3.8, 4) is 0 Å². The van der Waals surface area contributed by atoms with Crippen LogP contribution in [0.1, 0.15) is 51.9 Å². The van der Waals surface area contributed by atoms with E-state index in [2.05, 4.69) is 39.7 Å². The van der Waals surface area contributed by atoms with Crippen LogP contribution < -0.4 is 0 Å². The minimum absolute atomic E-state index is 1.27. The Morgan fingerprint density at radius 3 is 2.27 bits per heavy atom. The molecule has 0 aromatic carbocycles. The van der Waals surface area contributed by atoms with Crippen molar-refractivity contribution < 1.29 is 0 Å². The second-order valence-electron chi connectivity index (χ2n) is 2.92. The Morgan fingerprint density at radius 1 is 1.00 bits per heavy atom. The van der Waals surface area contributed by atoms with E-state index in [-0.39, 0.29) is 0 Å². The quantitative estimate of drug-likeness (QED) is 0.463. The Balaban J connectivity index is 2.79. The van der Waals surface area contributed by atoms with Gasteiger partial charge in [0.2, 0.25) is 0 Å². The van der Waals surface area contributed by atoms with E-state index in [4.69, 9.17) is 0 Å². The van der Waals surface area contributed by atoms with Crippen LogP contribution in [0.25, 0.3) is 0 Å². The normalized spacial score (nSPS) is 11.1. The summed E-state index contributed by atoms with van der Waals surface area (Å²) in [5, 5.41) is 0. The van der Waals surface area contributed by atoms with Gasteiger partial charge in [-0.25, -0.2) is 0 Å². The standard InChI is InChI=1S/C10H19I/c1-2-3-4-5-6-7-8-9-10-11/h9-10H,2-8H2,1H3/b10-9-. The topological polar surface area (TPSA) is 0 Å². The summed E-state index contributed by atoms with van der Waals surface area (Å²) in [4.78, 5) is 0. The summed E-state index contributed by atoms with van der Waals surface area (Å²) in [6.45, 7) is 2.26. The zero-order valence-electron chi connectivity index (χ0n) is 7.48. The van der Waals surface area contributed by atoms with Crippen molar-refractivity contribution in [2.24, 2.45) is 0 Å². The van der Waals surface area contributed by atoms with E-state index in [0.717, 1.165) is 0 Å². The van der Waals surface area contributed by atoms with Crippen molar-refractivity contribution in [3.63, 3.8) is 0 Å². The van der Waals surface area contributed by atoms with Gasteiger partial charge in [0.05, 0.1) is 0 Å². The zero-order valence-corrected chi connectivity index (χ0v) is 9.64. The molecule has 0 rings (SSSR count). The number of hydrogen-bond acceptors (Lipinski definition) is 0. The van der Waals surface area contributed by atoms with Gasteiger partial charge in [-0.1, -0.05) is 67.7 Å². The second-order valence-corrected chi connectivity index (χ2v) is 3.64. The summed E-state index contributed by atoms with van der Waals surface area (Å²) in [5.74, 6) is 0. The molecule has 0 saturated carbocycles. The zero-order chi connectivity index (χ0) is 8.36. The van der Waals surface area contributed by atoms with Crippen LogP contribution in [-0.2, 0) is 0 Å². The van der Waals surface area contributed by atoms with Crippen LogP contribution in [0.2, 0.25) is 0 Å². The molecule has 0 aromatic rings. The maximum atomic E-state index is 2.28. The molecule has 11 heavy (non-hydrogen) atoms. The molecule has 0 radical (unpaired) electrons. The molecular formula is C10H19I. The van der Waals surface area contributed by atoms with Gasteiger partial charge in [-0.2, -0.15) is 0 Å². The Morgan fingerprint density at radius 2 is 1.64 bits per heavy atom. The number of halogens is 1. The maximum Gasteiger partial charge on any atom is -0.0274 e. The van der Waals surface area contributed by atoms with Crippen molar-refractivity contribution in [1.82, 2.24) is 0 Å². The summed E-state index contributed by atoms with van der Waals surface area (Å²) >= 11 is 2.28. The first kappa shape index (κ1) is 11.5. The first-order valence-corrected chi connectivity index (χ1v) is 5.91. The summed E-state index contributed by atoms with van der Waals surface area (Å²) in [5.41, 5.74) is 0. The average molecular weight is 266 g/mol. The fraction of sp³-hybridized carbons (Fsp3) is 0.800. The number of rotatable bonds is 7. The van der Waals surface area contributed by atoms with Crippen molar-refractivity contribution in [2.45, 2.75) is 51.9 Å². The lowest BCUT2D eigenvalue weighted by Gasteiger charge is -1.96. The molecule has 0 aliphatic rings. The fourth-order valence-corrected chi connectivity index (χ4v) is 1.47. The molecule has 0 atom stereocenters. The molecule has 0 amide bonds. The lowest BCUT2D eigenvalue weighted by atomic mass is 10.1. The van der Waals surface area contributed by atoms with Gasteiger partial charge in [0.25, 0.3) is 0 Å². The minimum atomic E-state index is 1.27. The van der Waals surface area contributed by atoms with Gasteiger partial charge >= 0.3 is 0 Å². The lowest BCUT2D eigenvalue weighted by Crippen LogP contribution is -1.77. The predicted molar refractivity (Wildman–Crippen MR) is 61.2 cm³/mol. The third kappa shape index (κ3) is 10.5.